The highest BCUT2D eigenvalue weighted by Crippen LogP contribution is 2.20. The molecule has 0 fully saturated rings. The minimum absolute atomic E-state index is 0.00937. The van der Waals surface area contributed by atoms with Gasteiger partial charge in [-0.3, -0.25) is 4.79 Å². The number of halogens is 2. The van der Waals surface area contributed by atoms with Crippen molar-refractivity contribution in [3.63, 3.8) is 0 Å². The van der Waals surface area contributed by atoms with Crippen LogP contribution in [-0.2, 0) is 21.4 Å². The Morgan fingerprint density at radius 2 is 1.77 bits per heavy atom. The van der Waals surface area contributed by atoms with Crippen LogP contribution in [0.2, 0.25) is 10.0 Å². The average molecular weight is 415 g/mol. The van der Waals surface area contributed by atoms with Gasteiger partial charge >= 0.3 is 0 Å². The van der Waals surface area contributed by atoms with Gasteiger partial charge in [0, 0.05) is 29.6 Å². The van der Waals surface area contributed by atoms with E-state index in [-0.39, 0.29) is 30.3 Å². The fraction of sp³-hybridized carbons (Fsp3) is 0.278. The van der Waals surface area contributed by atoms with E-state index in [1.54, 1.807) is 36.4 Å². The molecule has 1 amide bonds. The Hall–Kier alpha value is -1.60. The summed E-state index contributed by atoms with van der Waals surface area (Å²) in [5.74, 6) is -0.279. The van der Waals surface area contributed by atoms with Crippen molar-refractivity contribution in [3.05, 3.63) is 63.1 Å². The molecule has 2 N–H and O–H groups in total. The summed E-state index contributed by atoms with van der Waals surface area (Å²) in [6.07, 6.45) is 0.0231. The molecule has 2 aromatic rings. The molecule has 0 aliphatic rings. The smallest absolute Gasteiger partial charge is 0.240 e. The minimum atomic E-state index is -3.64. The number of nitrogens with one attached hydrogen (secondary N) is 2. The van der Waals surface area contributed by atoms with E-state index < -0.39 is 10.0 Å². The number of rotatable bonds is 7. The monoisotopic (exact) mass is 414 g/mol. The van der Waals surface area contributed by atoms with Crippen molar-refractivity contribution in [1.29, 1.82) is 0 Å². The molecule has 8 heteroatoms. The molecule has 0 aromatic heterocycles. The lowest BCUT2D eigenvalue weighted by molar-refractivity contribution is -0.121. The fourth-order valence-electron chi connectivity index (χ4n) is 2.21. The van der Waals surface area contributed by atoms with E-state index in [0.717, 1.165) is 16.7 Å². The van der Waals surface area contributed by atoms with Gasteiger partial charge in [0.1, 0.15) is 0 Å². The van der Waals surface area contributed by atoms with Gasteiger partial charge in [0.05, 0.1) is 4.90 Å². The van der Waals surface area contributed by atoms with E-state index in [9.17, 15) is 13.2 Å². The number of carbonyl (C=O) groups excluding carboxylic acids is 1. The number of benzene rings is 2. The number of hydrogen-bond donors (Lipinski definition) is 2. The van der Waals surface area contributed by atoms with Crippen molar-refractivity contribution in [3.8, 4) is 0 Å². The van der Waals surface area contributed by atoms with Crippen LogP contribution < -0.4 is 10.0 Å². The maximum atomic E-state index is 12.3. The highest BCUT2D eigenvalue weighted by Gasteiger charge is 2.15. The van der Waals surface area contributed by atoms with E-state index in [1.807, 2.05) is 13.8 Å². The lowest BCUT2D eigenvalue weighted by Gasteiger charge is -2.10. The molecule has 26 heavy (non-hydrogen) atoms. The van der Waals surface area contributed by atoms with Crippen molar-refractivity contribution >= 4 is 39.1 Å². The van der Waals surface area contributed by atoms with Gasteiger partial charge in [0.15, 0.2) is 0 Å². The number of hydrogen-bond acceptors (Lipinski definition) is 3. The van der Waals surface area contributed by atoms with Crippen molar-refractivity contribution in [2.75, 3.05) is 6.54 Å². The second-order valence-corrected chi connectivity index (χ2v) is 8.52. The number of amides is 1. The zero-order valence-corrected chi connectivity index (χ0v) is 16.8. The Morgan fingerprint density at radius 1 is 1.04 bits per heavy atom. The molecule has 0 aliphatic heterocycles. The summed E-state index contributed by atoms with van der Waals surface area (Å²) < 4.78 is 27.0. The van der Waals surface area contributed by atoms with Crippen LogP contribution in [0.15, 0.2) is 41.3 Å². The standard InChI is InChI=1S/C18H20Cl2N2O3S/c1-12-3-6-16(9-13(12)2)26(24,25)22-8-7-18(23)21-11-14-4-5-15(19)10-17(14)20/h3-6,9-10,22H,7-8,11H2,1-2H3,(H,21,23). The van der Waals surface area contributed by atoms with Gasteiger partial charge in [-0.15, -0.1) is 0 Å². The molecule has 0 spiro atoms. The molecule has 5 nitrogen and oxygen atoms in total. The van der Waals surface area contributed by atoms with Gasteiger partial charge in [0.2, 0.25) is 15.9 Å². The highest BCUT2D eigenvalue weighted by molar-refractivity contribution is 7.89. The molecule has 0 heterocycles. The summed E-state index contributed by atoms with van der Waals surface area (Å²) in [4.78, 5) is 12.1. The first-order chi connectivity index (χ1) is 12.2. The molecule has 0 aliphatic carbocycles. The third-order valence-electron chi connectivity index (χ3n) is 3.92. The molecular weight excluding hydrogens is 395 g/mol. The largest absolute Gasteiger partial charge is 0.352 e. The topological polar surface area (TPSA) is 75.3 Å². The van der Waals surface area contributed by atoms with E-state index in [2.05, 4.69) is 10.0 Å². The molecule has 0 atom stereocenters. The molecule has 0 bridgehead atoms. The predicted molar refractivity (Wildman–Crippen MR) is 104 cm³/mol. The lowest BCUT2D eigenvalue weighted by atomic mass is 10.1. The quantitative estimate of drug-likeness (QED) is 0.726. The zero-order chi connectivity index (χ0) is 19.3. The third-order valence-corrected chi connectivity index (χ3v) is 5.97. The van der Waals surface area contributed by atoms with Crippen LogP contribution in [0.3, 0.4) is 0 Å². The molecule has 0 saturated heterocycles. The van der Waals surface area contributed by atoms with Crippen LogP contribution in [0.4, 0.5) is 0 Å². The van der Waals surface area contributed by atoms with E-state index in [1.165, 1.54) is 0 Å². The first kappa shape index (κ1) is 20.7. The second kappa shape index (κ2) is 8.86. The number of aryl methyl sites for hydroxylation is 2. The highest BCUT2D eigenvalue weighted by atomic mass is 35.5. The second-order valence-electron chi connectivity index (χ2n) is 5.91. The van der Waals surface area contributed by atoms with Gasteiger partial charge in [0.25, 0.3) is 0 Å². The van der Waals surface area contributed by atoms with Crippen LogP contribution in [0.5, 0.6) is 0 Å². The summed E-state index contributed by atoms with van der Waals surface area (Å²) in [7, 11) is -3.64. The molecule has 0 saturated carbocycles. The molecular formula is C18H20Cl2N2O3S. The number of carbonyl (C=O) groups is 1. The SMILES string of the molecule is Cc1ccc(S(=O)(=O)NCCC(=O)NCc2ccc(Cl)cc2Cl)cc1C. The average Bonchev–Trinajstić information content (AvgIpc) is 2.56. The van der Waals surface area contributed by atoms with Crippen LogP contribution in [0.25, 0.3) is 0 Å². The Labute approximate surface area is 163 Å². The van der Waals surface area contributed by atoms with Crippen molar-refractivity contribution in [2.45, 2.75) is 31.7 Å². The molecule has 0 radical (unpaired) electrons. The van der Waals surface area contributed by atoms with Crippen LogP contribution in [-0.4, -0.2) is 20.9 Å². The Balaban J connectivity index is 1.84. The Kier molecular flexibility index (Phi) is 7.06. The normalized spacial score (nSPS) is 11.4. The first-order valence-electron chi connectivity index (χ1n) is 7.96. The van der Waals surface area contributed by atoms with Gasteiger partial charge < -0.3 is 5.32 Å². The summed E-state index contributed by atoms with van der Waals surface area (Å²) >= 11 is 11.9. The third kappa shape index (κ3) is 5.71. The first-order valence-corrected chi connectivity index (χ1v) is 10.2. The summed E-state index contributed by atoms with van der Waals surface area (Å²) in [5.41, 5.74) is 2.65. The van der Waals surface area contributed by atoms with Gasteiger partial charge in [-0.05, 0) is 54.8 Å². The fourth-order valence-corrected chi connectivity index (χ4v) is 3.80. The molecule has 140 valence electrons. The number of sulfonamides is 1. The van der Waals surface area contributed by atoms with E-state index >= 15 is 0 Å². The Bertz CT molecular complexity index is 915. The summed E-state index contributed by atoms with van der Waals surface area (Å²) in [5, 5.41) is 3.69. The zero-order valence-electron chi connectivity index (χ0n) is 14.5. The van der Waals surface area contributed by atoms with Crippen molar-refractivity contribution < 1.29 is 13.2 Å². The maximum absolute atomic E-state index is 12.3. The van der Waals surface area contributed by atoms with Gasteiger partial charge in [-0.1, -0.05) is 35.3 Å². The Morgan fingerprint density at radius 3 is 2.42 bits per heavy atom. The predicted octanol–water partition coefficient (Wildman–Crippen LogP) is 3.60. The van der Waals surface area contributed by atoms with Gasteiger partial charge in [-0.2, -0.15) is 0 Å². The van der Waals surface area contributed by atoms with Crippen molar-refractivity contribution in [1.82, 2.24) is 10.0 Å². The van der Waals surface area contributed by atoms with Crippen LogP contribution in [0, 0.1) is 13.8 Å². The summed E-state index contributed by atoms with van der Waals surface area (Å²) in [6.45, 7) is 4.02. The molecule has 2 aromatic carbocycles. The van der Waals surface area contributed by atoms with E-state index in [4.69, 9.17) is 23.2 Å². The maximum Gasteiger partial charge on any atom is 0.240 e. The van der Waals surface area contributed by atoms with Crippen LogP contribution in [0.1, 0.15) is 23.1 Å². The summed E-state index contributed by atoms with van der Waals surface area (Å²) in [6, 6.07) is 9.93. The van der Waals surface area contributed by atoms with E-state index in [0.29, 0.717) is 10.0 Å². The van der Waals surface area contributed by atoms with Crippen LogP contribution >= 0.6 is 23.2 Å². The van der Waals surface area contributed by atoms with Gasteiger partial charge in [-0.25, -0.2) is 13.1 Å². The molecule has 2 rings (SSSR count). The lowest BCUT2D eigenvalue weighted by Crippen LogP contribution is -2.30. The van der Waals surface area contributed by atoms with Crippen molar-refractivity contribution in [2.24, 2.45) is 0 Å². The minimum Gasteiger partial charge on any atom is -0.352 e. The molecule has 0 unspecified atom stereocenters.